The Morgan fingerprint density at radius 3 is 2.79 bits per heavy atom. The quantitative estimate of drug-likeness (QED) is 0.638. The molecule has 0 atom stereocenters. The molecule has 0 spiro atoms. The molecule has 0 aromatic heterocycles. The number of hydrogen-bond donors (Lipinski definition) is 0. The van der Waals surface area contributed by atoms with Gasteiger partial charge in [-0.3, -0.25) is 0 Å². The fraction of sp³-hybridized carbons (Fsp3) is 0.364. The third-order valence-corrected chi connectivity index (χ3v) is 2.64. The Bertz CT molecular complexity index is 407. The molecule has 1 aromatic carbocycles. The average molecular weight is 192 g/mol. The lowest BCUT2D eigenvalue weighted by molar-refractivity contribution is 0.0534. The van der Waals surface area contributed by atoms with Crippen molar-refractivity contribution in [3.63, 3.8) is 0 Å². The molecule has 0 fully saturated rings. The van der Waals surface area contributed by atoms with Crippen molar-refractivity contribution in [2.45, 2.75) is 20.5 Å². The average Bonchev–Trinajstić information content (AvgIpc) is 2.54. The predicted octanol–water partition coefficient (Wildman–Crippen LogP) is 1.98. The number of ether oxygens (including phenoxy) is 2. The highest BCUT2D eigenvalue weighted by Gasteiger charge is 2.26. The van der Waals surface area contributed by atoms with E-state index in [9.17, 15) is 4.79 Å². The van der Waals surface area contributed by atoms with Gasteiger partial charge in [0.2, 0.25) is 0 Å². The van der Waals surface area contributed by atoms with E-state index < -0.39 is 0 Å². The van der Waals surface area contributed by atoms with Gasteiger partial charge >= 0.3 is 5.97 Å². The number of aryl methyl sites for hydroxylation is 1. The molecule has 0 radical (unpaired) electrons. The van der Waals surface area contributed by atoms with Gasteiger partial charge in [-0.1, -0.05) is 0 Å². The fourth-order valence-electron chi connectivity index (χ4n) is 1.82. The first kappa shape index (κ1) is 9.06. The molecule has 0 aliphatic carbocycles. The zero-order chi connectivity index (χ0) is 10.3. The van der Waals surface area contributed by atoms with Crippen molar-refractivity contribution < 1.29 is 14.3 Å². The lowest BCUT2D eigenvalue weighted by Gasteiger charge is -2.09. The van der Waals surface area contributed by atoms with Gasteiger partial charge in [0.25, 0.3) is 0 Å². The van der Waals surface area contributed by atoms with Gasteiger partial charge in [-0.05, 0) is 25.5 Å². The van der Waals surface area contributed by atoms with Crippen LogP contribution in [0.15, 0.2) is 6.07 Å². The van der Waals surface area contributed by atoms with Crippen LogP contribution in [0.1, 0.15) is 27.0 Å². The van der Waals surface area contributed by atoms with E-state index >= 15 is 0 Å². The Morgan fingerprint density at radius 1 is 1.43 bits per heavy atom. The van der Waals surface area contributed by atoms with Crippen LogP contribution < -0.4 is 4.74 Å². The van der Waals surface area contributed by atoms with E-state index in [1.807, 2.05) is 19.9 Å². The van der Waals surface area contributed by atoms with Gasteiger partial charge in [-0.2, -0.15) is 0 Å². The van der Waals surface area contributed by atoms with E-state index in [1.165, 1.54) is 0 Å². The summed E-state index contributed by atoms with van der Waals surface area (Å²) >= 11 is 0. The first-order valence-electron chi connectivity index (χ1n) is 4.49. The number of rotatable bonds is 1. The largest absolute Gasteiger partial charge is 0.496 e. The number of benzene rings is 1. The van der Waals surface area contributed by atoms with E-state index in [2.05, 4.69) is 0 Å². The van der Waals surface area contributed by atoms with Crippen molar-refractivity contribution in [3.05, 3.63) is 28.3 Å². The summed E-state index contributed by atoms with van der Waals surface area (Å²) in [4.78, 5) is 11.4. The van der Waals surface area contributed by atoms with Gasteiger partial charge in [0.15, 0.2) is 0 Å². The smallest absolute Gasteiger partial charge is 0.339 e. The summed E-state index contributed by atoms with van der Waals surface area (Å²) in [6.07, 6.45) is 0. The molecule has 0 amide bonds. The summed E-state index contributed by atoms with van der Waals surface area (Å²) in [5.74, 6) is 0.514. The Hall–Kier alpha value is -1.51. The van der Waals surface area contributed by atoms with E-state index in [4.69, 9.17) is 9.47 Å². The summed E-state index contributed by atoms with van der Waals surface area (Å²) in [5, 5.41) is 0. The molecule has 0 N–H and O–H groups in total. The Labute approximate surface area is 82.6 Å². The molecule has 0 bridgehead atoms. The van der Waals surface area contributed by atoms with Crippen LogP contribution >= 0.6 is 0 Å². The minimum absolute atomic E-state index is 0.237. The topological polar surface area (TPSA) is 35.5 Å². The van der Waals surface area contributed by atoms with Gasteiger partial charge in [0.05, 0.1) is 12.7 Å². The predicted molar refractivity (Wildman–Crippen MR) is 51.6 cm³/mol. The summed E-state index contributed by atoms with van der Waals surface area (Å²) < 4.78 is 10.2. The number of methoxy groups -OCH3 is 1. The summed E-state index contributed by atoms with van der Waals surface area (Å²) in [6, 6.07) is 1.94. The maximum absolute atomic E-state index is 11.4. The van der Waals surface area contributed by atoms with Gasteiger partial charge < -0.3 is 9.47 Å². The number of cyclic esters (lactones) is 1. The molecule has 2 rings (SSSR count). The number of carbonyl (C=O) groups is 1. The minimum Gasteiger partial charge on any atom is -0.496 e. The second-order valence-electron chi connectivity index (χ2n) is 3.45. The first-order chi connectivity index (χ1) is 6.65. The van der Waals surface area contributed by atoms with Crippen LogP contribution in [0.25, 0.3) is 0 Å². The SMILES string of the molecule is COc1cc(C)c2c(c1C)C(=O)OC2. The van der Waals surface area contributed by atoms with Crippen LogP contribution in [0.4, 0.5) is 0 Å². The van der Waals surface area contributed by atoms with Crippen molar-refractivity contribution in [2.75, 3.05) is 7.11 Å². The van der Waals surface area contributed by atoms with E-state index in [1.54, 1.807) is 7.11 Å². The number of fused-ring (bicyclic) bond motifs is 1. The van der Waals surface area contributed by atoms with Crippen molar-refractivity contribution in [2.24, 2.45) is 0 Å². The molecule has 3 heteroatoms. The minimum atomic E-state index is -0.237. The molecule has 1 aromatic rings. The molecule has 0 saturated heterocycles. The maximum Gasteiger partial charge on any atom is 0.339 e. The Kier molecular flexibility index (Phi) is 1.95. The van der Waals surface area contributed by atoms with E-state index in [-0.39, 0.29) is 5.97 Å². The molecule has 74 valence electrons. The third-order valence-electron chi connectivity index (χ3n) is 2.64. The van der Waals surface area contributed by atoms with Crippen molar-refractivity contribution >= 4 is 5.97 Å². The van der Waals surface area contributed by atoms with Crippen LogP contribution in [-0.4, -0.2) is 13.1 Å². The standard InChI is InChI=1S/C11H12O3/c1-6-4-9(13-3)7(2)10-8(6)5-14-11(10)12/h4H,5H2,1-3H3. The van der Waals surface area contributed by atoms with Crippen LogP contribution in [0.5, 0.6) is 5.75 Å². The lowest BCUT2D eigenvalue weighted by Crippen LogP contribution is -2.00. The Balaban J connectivity index is 2.71. The maximum atomic E-state index is 11.4. The van der Waals surface area contributed by atoms with Crippen LogP contribution in [0, 0.1) is 13.8 Å². The highest BCUT2D eigenvalue weighted by molar-refractivity contribution is 5.96. The van der Waals surface area contributed by atoms with Crippen LogP contribution in [0.3, 0.4) is 0 Å². The van der Waals surface area contributed by atoms with Gasteiger partial charge in [-0.25, -0.2) is 4.79 Å². The van der Waals surface area contributed by atoms with Gasteiger partial charge in [0.1, 0.15) is 12.4 Å². The molecule has 1 aliphatic heterocycles. The molecule has 1 aliphatic rings. The molecule has 1 heterocycles. The normalized spacial score (nSPS) is 13.8. The monoisotopic (exact) mass is 192 g/mol. The Morgan fingerprint density at radius 2 is 2.14 bits per heavy atom. The number of esters is 1. The van der Waals surface area contributed by atoms with Gasteiger partial charge in [0, 0.05) is 11.1 Å². The second kappa shape index (κ2) is 3.01. The molecule has 0 saturated carbocycles. The fourth-order valence-corrected chi connectivity index (χ4v) is 1.82. The van der Waals surface area contributed by atoms with Crippen molar-refractivity contribution in [1.29, 1.82) is 0 Å². The van der Waals surface area contributed by atoms with Crippen molar-refractivity contribution in [3.8, 4) is 5.75 Å². The van der Waals surface area contributed by atoms with Crippen LogP contribution in [0.2, 0.25) is 0 Å². The second-order valence-corrected chi connectivity index (χ2v) is 3.45. The first-order valence-corrected chi connectivity index (χ1v) is 4.49. The molecular weight excluding hydrogens is 180 g/mol. The van der Waals surface area contributed by atoms with E-state index in [0.29, 0.717) is 12.2 Å². The molecular formula is C11H12O3. The number of hydrogen-bond acceptors (Lipinski definition) is 3. The lowest BCUT2D eigenvalue weighted by atomic mass is 9.98. The summed E-state index contributed by atoms with van der Waals surface area (Å²) in [5.41, 5.74) is 3.60. The summed E-state index contributed by atoms with van der Waals surface area (Å²) in [6.45, 7) is 4.23. The van der Waals surface area contributed by atoms with Crippen molar-refractivity contribution in [1.82, 2.24) is 0 Å². The molecule has 3 nitrogen and oxygen atoms in total. The van der Waals surface area contributed by atoms with E-state index in [0.717, 1.165) is 22.4 Å². The number of carbonyl (C=O) groups excluding carboxylic acids is 1. The summed E-state index contributed by atoms with van der Waals surface area (Å²) in [7, 11) is 1.61. The zero-order valence-electron chi connectivity index (χ0n) is 8.51. The zero-order valence-corrected chi connectivity index (χ0v) is 8.51. The third kappa shape index (κ3) is 1.09. The van der Waals surface area contributed by atoms with Gasteiger partial charge in [-0.15, -0.1) is 0 Å². The molecule has 14 heavy (non-hydrogen) atoms. The van der Waals surface area contributed by atoms with Crippen LogP contribution in [-0.2, 0) is 11.3 Å². The highest BCUT2D eigenvalue weighted by Crippen LogP contribution is 2.32. The highest BCUT2D eigenvalue weighted by atomic mass is 16.5. The molecule has 0 unspecified atom stereocenters.